The van der Waals surface area contributed by atoms with Crippen LogP contribution in [0.15, 0.2) is 11.6 Å². The molecular weight excluding hydrogens is 335 g/mol. The van der Waals surface area contributed by atoms with Crippen molar-refractivity contribution in [2.24, 2.45) is 5.41 Å². The van der Waals surface area contributed by atoms with Crippen LogP contribution < -0.4 is 0 Å². The van der Waals surface area contributed by atoms with Gasteiger partial charge in [0.15, 0.2) is 0 Å². The van der Waals surface area contributed by atoms with E-state index in [-0.39, 0.29) is 15.9 Å². The number of hydrogen-bond acceptors (Lipinski definition) is 4. The molecule has 1 aliphatic heterocycles. The number of halogens is 1. The first-order valence-electron chi connectivity index (χ1n) is 5.54. The van der Waals surface area contributed by atoms with Crippen LogP contribution >= 0.6 is 22.6 Å². The van der Waals surface area contributed by atoms with Crippen molar-refractivity contribution in [1.82, 2.24) is 0 Å². The van der Waals surface area contributed by atoms with Gasteiger partial charge in [0.1, 0.15) is 17.8 Å². The summed E-state index contributed by atoms with van der Waals surface area (Å²) in [6.45, 7) is 3.96. The van der Waals surface area contributed by atoms with E-state index in [2.05, 4.69) is 22.6 Å². The number of alkyl halides is 1. The van der Waals surface area contributed by atoms with Crippen molar-refractivity contribution < 1.29 is 19.4 Å². The summed E-state index contributed by atoms with van der Waals surface area (Å²) in [5.41, 5.74) is -0.509. The second-order valence-electron chi connectivity index (χ2n) is 5.26. The molecule has 2 rings (SSSR count). The van der Waals surface area contributed by atoms with Gasteiger partial charge in [-0.2, -0.15) is 0 Å². The Hall–Kier alpha value is -0.430. The van der Waals surface area contributed by atoms with E-state index in [1.54, 1.807) is 6.08 Å². The molecule has 0 amide bonds. The van der Waals surface area contributed by atoms with Crippen molar-refractivity contribution in [1.29, 1.82) is 0 Å². The minimum Gasteiger partial charge on any atom is -0.460 e. The largest absolute Gasteiger partial charge is 0.460 e. The zero-order chi connectivity index (χ0) is 12.8. The van der Waals surface area contributed by atoms with Crippen molar-refractivity contribution >= 4 is 34.8 Å². The normalized spacial score (nSPS) is 37.2. The Labute approximate surface area is 114 Å². The predicted molar refractivity (Wildman–Crippen MR) is 69.8 cm³/mol. The van der Waals surface area contributed by atoms with E-state index < -0.39 is 17.5 Å². The van der Waals surface area contributed by atoms with E-state index >= 15 is 0 Å². The lowest BCUT2D eigenvalue weighted by molar-refractivity contribution is -0.150. The van der Waals surface area contributed by atoms with Gasteiger partial charge in [-0.15, -0.1) is 0 Å². The molecule has 5 heteroatoms. The molecule has 1 saturated heterocycles. The van der Waals surface area contributed by atoms with E-state index in [9.17, 15) is 14.7 Å². The molecule has 0 saturated carbocycles. The van der Waals surface area contributed by atoms with Crippen LogP contribution in [-0.2, 0) is 14.3 Å². The van der Waals surface area contributed by atoms with Crippen molar-refractivity contribution in [2.75, 3.05) is 0 Å². The molecule has 1 N–H and O–H groups in total. The minimum atomic E-state index is -0.997. The van der Waals surface area contributed by atoms with Crippen molar-refractivity contribution in [3.63, 3.8) is 0 Å². The summed E-state index contributed by atoms with van der Waals surface area (Å²) in [4.78, 5) is 22.7. The first-order chi connectivity index (χ1) is 7.79. The first kappa shape index (κ1) is 13.0. The summed E-state index contributed by atoms with van der Waals surface area (Å²) in [6, 6.07) is 0. The number of rotatable bonds is 2. The van der Waals surface area contributed by atoms with Gasteiger partial charge in [-0.05, 0) is 19.4 Å². The first-order valence-corrected chi connectivity index (χ1v) is 6.62. The number of aliphatic hydroxyl groups excluding tert-OH is 1. The Morgan fingerprint density at radius 3 is 2.71 bits per heavy atom. The molecule has 4 nitrogen and oxygen atoms in total. The van der Waals surface area contributed by atoms with Crippen LogP contribution in [0.3, 0.4) is 0 Å². The molecule has 1 aliphatic carbocycles. The number of ether oxygens (including phenoxy) is 1. The fourth-order valence-electron chi connectivity index (χ4n) is 2.42. The van der Waals surface area contributed by atoms with Crippen LogP contribution in [0.1, 0.15) is 26.7 Å². The van der Waals surface area contributed by atoms with Crippen LogP contribution in [0.4, 0.5) is 0 Å². The molecule has 94 valence electrons. The summed E-state index contributed by atoms with van der Waals surface area (Å²) in [5, 5.41) is 10.0. The summed E-state index contributed by atoms with van der Waals surface area (Å²) in [7, 11) is 0. The molecule has 1 spiro atoms. The maximum Gasteiger partial charge on any atom is 0.319 e. The lowest BCUT2D eigenvalue weighted by atomic mass is 9.80. The van der Waals surface area contributed by atoms with Crippen molar-refractivity contribution in [3.8, 4) is 0 Å². The Balaban J connectivity index is 2.31. The summed E-state index contributed by atoms with van der Waals surface area (Å²) >= 11 is 2.23. The number of esters is 1. The highest BCUT2D eigenvalue weighted by Gasteiger charge is 2.57. The average molecular weight is 350 g/mol. The third kappa shape index (κ3) is 2.03. The van der Waals surface area contributed by atoms with E-state index in [0.29, 0.717) is 18.3 Å². The Morgan fingerprint density at radius 1 is 1.65 bits per heavy atom. The molecule has 0 aromatic carbocycles. The van der Waals surface area contributed by atoms with Crippen LogP contribution in [0, 0.1) is 5.41 Å². The van der Waals surface area contributed by atoms with Gasteiger partial charge in [-0.25, -0.2) is 0 Å². The number of hydrogen-bond donors (Lipinski definition) is 1. The number of aldehydes is 1. The fraction of sp³-hybridized carbons (Fsp3) is 0.667. The second-order valence-corrected chi connectivity index (χ2v) is 8.04. The molecular formula is C12H15IO4. The fourth-order valence-corrected chi connectivity index (χ4v) is 2.76. The van der Waals surface area contributed by atoms with Gasteiger partial charge in [0.25, 0.3) is 0 Å². The highest BCUT2D eigenvalue weighted by atomic mass is 127. The van der Waals surface area contributed by atoms with E-state index in [1.165, 1.54) is 0 Å². The molecule has 0 unspecified atom stereocenters. The quantitative estimate of drug-likeness (QED) is 0.354. The molecule has 17 heavy (non-hydrogen) atoms. The number of carbonyl (C=O) groups excluding carboxylic acids is 2. The average Bonchev–Trinajstić information content (AvgIpc) is 2.71. The number of cyclic esters (lactones) is 1. The zero-order valence-electron chi connectivity index (χ0n) is 9.77. The van der Waals surface area contributed by atoms with Gasteiger partial charge >= 0.3 is 5.97 Å². The summed E-state index contributed by atoms with van der Waals surface area (Å²) in [5.74, 6) is -0.406. The van der Waals surface area contributed by atoms with Gasteiger partial charge in [-0.1, -0.05) is 28.7 Å². The van der Waals surface area contributed by atoms with Crippen LogP contribution in [-0.4, -0.2) is 33.0 Å². The third-order valence-electron chi connectivity index (χ3n) is 3.54. The maximum absolute atomic E-state index is 12.0. The van der Waals surface area contributed by atoms with Crippen LogP contribution in [0.25, 0.3) is 0 Å². The SMILES string of the molecule is CC(C)(I)[C@@H]1C[C@]2(C=C(C=O)C[C@@H]2O)C(=O)O1. The van der Waals surface area contributed by atoms with Gasteiger partial charge in [0.05, 0.1) is 9.53 Å². The lowest BCUT2D eigenvalue weighted by Gasteiger charge is -2.25. The molecule has 1 heterocycles. The second kappa shape index (κ2) is 4.05. The monoisotopic (exact) mass is 350 g/mol. The standard InChI is InChI=1S/C12H15IO4/c1-11(2,13)9-5-12(10(16)17-9)4-7(6-14)3-8(12)15/h4,6,8-9,15H,3,5H2,1-2H3/t8-,9-,12-/m0/s1. The molecule has 1 fully saturated rings. The zero-order valence-corrected chi connectivity index (χ0v) is 11.9. The summed E-state index contributed by atoms with van der Waals surface area (Å²) < 4.78 is 5.17. The van der Waals surface area contributed by atoms with Crippen LogP contribution in [0.2, 0.25) is 0 Å². The van der Waals surface area contributed by atoms with Crippen molar-refractivity contribution in [3.05, 3.63) is 11.6 Å². The Bertz CT molecular complexity index is 396. The number of aliphatic hydroxyl groups is 1. The van der Waals surface area contributed by atoms with E-state index in [0.717, 1.165) is 0 Å². The smallest absolute Gasteiger partial charge is 0.319 e. The summed E-state index contributed by atoms with van der Waals surface area (Å²) in [6.07, 6.45) is 1.92. The van der Waals surface area contributed by atoms with E-state index in [4.69, 9.17) is 4.74 Å². The van der Waals surface area contributed by atoms with Crippen molar-refractivity contribution in [2.45, 2.75) is 42.3 Å². The molecule has 3 atom stereocenters. The molecule has 0 bridgehead atoms. The maximum atomic E-state index is 12.0. The lowest BCUT2D eigenvalue weighted by Crippen LogP contribution is -2.35. The molecule has 2 aliphatic rings. The highest BCUT2D eigenvalue weighted by Crippen LogP contribution is 2.49. The number of carbonyl (C=O) groups is 2. The van der Waals surface area contributed by atoms with Crippen LogP contribution in [0.5, 0.6) is 0 Å². The van der Waals surface area contributed by atoms with Gasteiger partial charge in [0.2, 0.25) is 0 Å². The Morgan fingerprint density at radius 2 is 2.29 bits per heavy atom. The molecule has 0 aromatic heterocycles. The third-order valence-corrected chi connectivity index (χ3v) is 4.23. The van der Waals surface area contributed by atoms with Gasteiger partial charge < -0.3 is 9.84 Å². The van der Waals surface area contributed by atoms with E-state index in [1.807, 2.05) is 13.8 Å². The van der Waals surface area contributed by atoms with Gasteiger partial charge in [-0.3, -0.25) is 9.59 Å². The topological polar surface area (TPSA) is 63.6 Å². The highest BCUT2D eigenvalue weighted by molar-refractivity contribution is 14.1. The van der Waals surface area contributed by atoms with Gasteiger partial charge in [0, 0.05) is 12.8 Å². The Kier molecular flexibility index (Phi) is 3.10. The predicted octanol–water partition coefficient (Wildman–Crippen LogP) is 1.39. The molecule has 0 radical (unpaired) electrons. The minimum absolute atomic E-state index is 0.186. The molecule has 0 aromatic rings.